The maximum atomic E-state index is 11.5. The van der Waals surface area contributed by atoms with Gasteiger partial charge in [0.15, 0.2) is 0 Å². The molecule has 0 fully saturated rings. The predicted octanol–water partition coefficient (Wildman–Crippen LogP) is 8.57. The molecular formula is C46H29Cl3N12O3. The van der Waals surface area contributed by atoms with Gasteiger partial charge >= 0.3 is 0 Å². The number of carbonyl (C=O) groups excluding carboxylic acids is 3. The van der Waals surface area contributed by atoms with Crippen LogP contribution >= 0.6 is 34.8 Å². The van der Waals surface area contributed by atoms with Crippen molar-refractivity contribution in [1.29, 1.82) is 15.8 Å². The number of primary amides is 3. The largest absolute Gasteiger partial charge is 0.364 e. The molecule has 0 saturated carbocycles. The summed E-state index contributed by atoms with van der Waals surface area (Å²) in [6, 6.07) is 32.1. The van der Waals surface area contributed by atoms with Crippen LogP contribution in [0.1, 0.15) is 48.2 Å². The number of nitrogens with two attached hydrogens (primary N) is 3. The second-order valence-corrected chi connectivity index (χ2v) is 15.1. The van der Waals surface area contributed by atoms with Crippen LogP contribution in [0.4, 0.5) is 0 Å². The Morgan fingerprint density at radius 3 is 1.45 bits per heavy atom. The van der Waals surface area contributed by atoms with E-state index in [0.29, 0.717) is 49.2 Å². The quantitative estimate of drug-likeness (QED) is 0.0998. The summed E-state index contributed by atoms with van der Waals surface area (Å²) in [7, 11) is 1.77. The molecule has 18 heteroatoms. The number of benzene rings is 3. The van der Waals surface area contributed by atoms with Crippen molar-refractivity contribution in [1.82, 2.24) is 29.5 Å². The first kappa shape index (κ1) is 43.6. The summed E-state index contributed by atoms with van der Waals surface area (Å²) in [6.07, 6.45) is 4.83. The number of H-pyrrole nitrogens is 2. The monoisotopic (exact) mass is 902 g/mol. The molecule has 3 aromatic carbocycles. The summed E-state index contributed by atoms with van der Waals surface area (Å²) in [6.45, 7) is 0. The lowest BCUT2D eigenvalue weighted by atomic mass is 10.0. The van der Waals surface area contributed by atoms with Gasteiger partial charge in [0, 0.05) is 69.6 Å². The molecule has 0 aliphatic rings. The smallest absolute Gasteiger partial charge is 0.265 e. The molecule has 0 atom stereocenters. The van der Waals surface area contributed by atoms with Crippen LogP contribution in [0, 0.1) is 34.0 Å². The van der Waals surface area contributed by atoms with E-state index in [1.165, 1.54) is 0 Å². The third kappa shape index (κ3) is 9.06. The molecule has 15 nitrogen and oxygen atoms in total. The Hall–Kier alpha value is -8.52. The summed E-state index contributed by atoms with van der Waals surface area (Å²) >= 11 is 17.5. The molecule has 0 bridgehead atoms. The van der Waals surface area contributed by atoms with Gasteiger partial charge in [-0.1, -0.05) is 34.8 Å². The van der Waals surface area contributed by atoms with Crippen molar-refractivity contribution in [2.45, 2.75) is 0 Å². The van der Waals surface area contributed by atoms with Gasteiger partial charge in [-0.25, -0.2) is 15.0 Å². The molecule has 8 N–H and O–H groups in total. The molecule has 9 rings (SSSR count). The Kier molecular flexibility index (Phi) is 12.4. The lowest BCUT2D eigenvalue weighted by Crippen LogP contribution is -2.14. The summed E-state index contributed by atoms with van der Waals surface area (Å²) in [5.74, 6) is -1.62. The first-order chi connectivity index (χ1) is 30.7. The van der Waals surface area contributed by atoms with E-state index in [4.69, 9.17) is 62.5 Å². The van der Waals surface area contributed by atoms with E-state index >= 15 is 0 Å². The number of nitrogens with zero attached hydrogens (tertiary/aromatic N) is 7. The molecular weight excluding hydrogens is 875 g/mol. The van der Waals surface area contributed by atoms with Crippen molar-refractivity contribution in [3.63, 3.8) is 0 Å². The lowest BCUT2D eigenvalue weighted by Gasteiger charge is -2.08. The molecule has 6 aromatic heterocycles. The zero-order chi connectivity index (χ0) is 45.8. The fourth-order valence-corrected chi connectivity index (χ4v) is 7.40. The van der Waals surface area contributed by atoms with Gasteiger partial charge < -0.3 is 31.7 Å². The average molecular weight is 904 g/mol. The number of amides is 3. The van der Waals surface area contributed by atoms with Crippen molar-refractivity contribution in [3.05, 3.63) is 159 Å². The summed E-state index contributed by atoms with van der Waals surface area (Å²) in [5, 5.41) is 30.9. The molecule has 6 heterocycles. The maximum absolute atomic E-state index is 11.5. The van der Waals surface area contributed by atoms with E-state index in [-0.39, 0.29) is 0 Å². The minimum absolute atomic E-state index is 0.293. The number of aryl methyl sites for hydroxylation is 1. The summed E-state index contributed by atoms with van der Waals surface area (Å²) < 4.78 is 1.72. The van der Waals surface area contributed by atoms with Crippen molar-refractivity contribution >= 4 is 85.2 Å². The molecule has 0 spiro atoms. The molecule has 312 valence electrons. The fraction of sp³-hybridized carbons (Fsp3) is 0.0217. The number of aromatic amines is 2. The predicted molar refractivity (Wildman–Crippen MR) is 244 cm³/mol. The van der Waals surface area contributed by atoms with Crippen LogP contribution in [0.3, 0.4) is 0 Å². The highest BCUT2D eigenvalue weighted by Gasteiger charge is 2.17. The van der Waals surface area contributed by atoms with E-state index in [1.807, 2.05) is 6.07 Å². The second-order valence-electron chi connectivity index (χ2n) is 13.9. The zero-order valence-corrected chi connectivity index (χ0v) is 35.4. The molecule has 64 heavy (non-hydrogen) atoms. The number of hydrogen-bond donors (Lipinski definition) is 5. The number of hydrogen-bond acceptors (Lipinski definition) is 9. The van der Waals surface area contributed by atoms with Gasteiger partial charge in [0.05, 0.1) is 51.4 Å². The topological polar surface area (TPSA) is 276 Å². The van der Waals surface area contributed by atoms with Gasteiger partial charge in [0.25, 0.3) is 17.7 Å². The zero-order valence-electron chi connectivity index (χ0n) is 33.1. The molecule has 0 saturated heterocycles. The number of aromatic nitrogens is 6. The van der Waals surface area contributed by atoms with E-state index in [2.05, 4.69) is 43.1 Å². The number of halogens is 3. The van der Waals surface area contributed by atoms with Crippen LogP contribution in [-0.4, -0.2) is 47.2 Å². The third-order valence-electron chi connectivity index (χ3n) is 9.87. The minimum Gasteiger partial charge on any atom is -0.364 e. The Bertz CT molecular complexity index is 3460. The van der Waals surface area contributed by atoms with Gasteiger partial charge in [0.1, 0.15) is 32.5 Å². The lowest BCUT2D eigenvalue weighted by molar-refractivity contribution is 0.0985. The Balaban J connectivity index is 0.000000144. The van der Waals surface area contributed by atoms with Gasteiger partial charge in [-0.05, 0) is 96.6 Å². The number of carbonyl (C=O) groups is 3. The molecule has 0 unspecified atom stereocenters. The Morgan fingerprint density at radius 2 is 1.02 bits per heavy atom. The van der Waals surface area contributed by atoms with Gasteiger partial charge in [0.2, 0.25) is 0 Å². The SMILES string of the molecule is Cn1c(C(N)=O)cc2cc(C#N)cc(-c3ccc(Cl)nc3)c21.N#Cc1cc(-c2ccc(Cl)nc2)c2[nH]c(C(N)=O)cc2c1.N#Cc1cc(-c2ccnc(Cl)c2)c2[nH]c(C(N)=O)cc2c1. The first-order valence-electron chi connectivity index (χ1n) is 18.6. The minimum atomic E-state index is -0.552. The molecule has 3 amide bonds. The Morgan fingerprint density at radius 1 is 0.547 bits per heavy atom. The standard InChI is InChI=1S/C16H11ClN4O.2C15H9ClN4O/c1-21-13(16(19)22)6-11-4-9(7-18)5-12(15(11)21)10-2-3-14(17)20-8-10;16-13-6-9(1-2-19-13)11-4-8(7-17)3-10-5-12(15(18)21)20-14(10)11;16-13-2-1-9(7-19-13)11-4-8(6-17)3-10-5-12(15(18)21)20-14(10)11/h2-6,8H,1H3,(H2,19,22);1-6,20H,(H2,18,21);1-5,7,20H,(H2,18,21). The Labute approximate surface area is 377 Å². The number of rotatable bonds is 6. The maximum Gasteiger partial charge on any atom is 0.265 e. The highest BCUT2D eigenvalue weighted by Crippen LogP contribution is 2.34. The van der Waals surface area contributed by atoms with E-state index < -0.39 is 17.7 Å². The van der Waals surface area contributed by atoms with Gasteiger partial charge in [-0.3, -0.25) is 14.4 Å². The van der Waals surface area contributed by atoms with Crippen LogP contribution in [0.25, 0.3) is 66.1 Å². The molecule has 0 aliphatic carbocycles. The highest BCUT2D eigenvalue weighted by molar-refractivity contribution is 6.30. The number of nitriles is 3. The highest BCUT2D eigenvalue weighted by atomic mass is 35.5. The van der Waals surface area contributed by atoms with E-state index in [0.717, 1.165) is 66.1 Å². The summed E-state index contributed by atoms with van der Waals surface area (Å²) in [4.78, 5) is 52.2. The van der Waals surface area contributed by atoms with Crippen molar-refractivity contribution in [2.75, 3.05) is 0 Å². The summed E-state index contributed by atoms with van der Waals surface area (Å²) in [5.41, 5.74) is 25.4. The van der Waals surface area contributed by atoms with Crippen molar-refractivity contribution in [2.24, 2.45) is 24.2 Å². The molecule has 9 aromatic rings. The normalized spacial score (nSPS) is 10.5. The van der Waals surface area contributed by atoms with Crippen LogP contribution in [-0.2, 0) is 7.05 Å². The van der Waals surface area contributed by atoms with Crippen molar-refractivity contribution in [3.8, 4) is 51.6 Å². The number of pyridine rings is 3. The van der Waals surface area contributed by atoms with Crippen LogP contribution in [0.5, 0.6) is 0 Å². The number of nitrogens with one attached hydrogen (secondary N) is 2. The van der Waals surface area contributed by atoms with E-state index in [1.54, 1.807) is 115 Å². The average Bonchev–Trinajstić information content (AvgIpc) is 4.02. The van der Waals surface area contributed by atoms with E-state index in [9.17, 15) is 19.6 Å². The van der Waals surface area contributed by atoms with Crippen LogP contribution in [0.15, 0.2) is 110 Å². The molecule has 0 radical (unpaired) electrons. The second kappa shape index (κ2) is 18.2. The van der Waals surface area contributed by atoms with Crippen molar-refractivity contribution < 1.29 is 14.4 Å². The number of fused-ring (bicyclic) bond motifs is 3. The molecule has 0 aliphatic heterocycles. The van der Waals surface area contributed by atoms with Gasteiger partial charge in [-0.15, -0.1) is 0 Å². The van der Waals surface area contributed by atoms with Crippen LogP contribution < -0.4 is 17.2 Å². The first-order valence-corrected chi connectivity index (χ1v) is 19.7. The van der Waals surface area contributed by atoms with Gasteiger partial charge in [-0.2, -0.15) is 15.8 Å². The third-order valence-corrected chi connectivity index (χ3v) is 10.5. The fourth-order valence-electron chi connectivity index (χ4n) is 7.01. The van der Waals surface area contributed by atoms with Crippen LogP contribution in [0.2, 0.25) is 15.5 Å².